The molecule has 0 radical (unpaired) electrons. The van der Waals surface area contributed by atoms with Gasteiger partial charge in [-0.05, 0) is 25.1 Å². The van der Waals surface area contributed by atoms with Crippen LogP contribution in [-0.4, -0.2) is 43.6 Å². The first-order valence-electron chi connectivity index (χ1n) is 5.84. The molecule has 0 bridgehead atoms. The van der Waals surface area contributed by atoms with E-state index in [-0.39, 0.29) is 4.34 Å². The fourth-order valence-corrected chi connectivity index (χ4v) is 4.61. The Labute approximate surface area is 121 Å². The first-order valence-corrected chi connectivity index (χ1v) is 8.21. The van der Waals surface area contributed by atoms with Gasteiger partial charge < -0.3 is 10.6 Å². The van der Waals surface area contributed by atoms with Gasteiger partial charge in [-0.2, -0.15) is 0 Å². The SMILES string of the molecule is CC(C(=O)N(C)C)S(=O)(=O)c1nc2ccc(N)cc2s1. The zero-order valence-electron chi connectivity index (χ0n) is 11.3. The Balaban J connectivity index is 2.49. The van der Waals surface area contributed by atoms with Gasteiger partial charge in [0, 0.05) is 19.8 Å². The summed E-state index contributed by atoms with van der Waals surface area (Å²) in [6.45, 7) is 1.37. The Bertz CT molecular complexity index is 765. The van der Waals surface area contributed by atoms with Crippen molar-refractivity contribution in [3.63, 3.8) is 0 Å². The minimum atomic E-state index is -3.78. The number of benzene rings is 1. The lowest BCUT2D eigenvalue weighted by molar-refractivity contribution is -0.127. The van der Waals surface area contributed by atoms with E-state index in [4.69, 9.17) is 5.73 Å². The highest BCUT2D eigenvalue weighted by molar-refractivity contribution is 7.94. The van der Waals surface area contributed by atoms with E-state index in [1.54, 1.807) is 18.2 Å². The van der Waals surface area contributed by atoms with Gasteiger partial charge in [-0.3, -0.25) is 4.79 Å². The number of nitrogens with zero attached hydrogens (tertiary/aromatic N) is 2. The molecule has 1 atom stereocenters. The number of rotatable bonds is 3. The van der Waals surface area contributed by atoms with E-state index in [0.717, 1.165) is 11.3 Å². The van der Waals surface area contributed by atoms with Crippen LogP contribution in [0.4, 0.5) is 5.69 Å². The van der Waals surface area contributed by atoms with Crippen LogP contribution in [0.2, 0.25) is 0 Å². The van der Waals surface area contributed by atoms with Gasteiger partial charge in [0.15, 0.2) is 0 Å². The third-order valence-electron chi connectivity index (χ3n) is 2.89. The number of nitrogen functional groups attached to an aromatic ring is 1. The maximum absolute atomic E-state index is 12.4. The summed E-state index contributed by atoms with van der Waals surface area (Å²) in [6, 6.07) is 5.00. The van der Waals surface area contributed by atoms with Crippen molar-refractivity contribution >= 4 is 43.0 Å². The molecule has 0 saturated heterocycles. The summed E-state index contributed by atoms with van der Waals surface area (Å²) in [5.41, 5.74) is 6.76. The quantitative estimate of drug-likeness (QED) is 0.857. The number of hydrogen-bond acceptors (Lipinski definition) is 6. The molecule has 1 heterocycles. The number of hydrogen-bond donors (Lipinski definition) is 1. The van der Waals surface area contributed by atoms with Gasteiger partial charge >= 0.3 is 0 Å². The molecule has 0 spiro atoms. The first-order chi connectivity index (χ1) is 9.23. The molecular formula is C12H15N3O3S2. The van der Waals surface area contributed by atoms with Crippen LogP contribution in [0.3, 0.4) is 0 Å². The van der Waals surface area contributed by atoms with Crippen LogP contribution in [0.15, 0.2) is 22.5 Å². The molecular weight excluding hydrogens is 298 g/mol. The van der Waals surface area contributed by atoms with Gasteiger partial charge in [0.2, 0.25) is 20.1 Å². The molecule has 8 heteroatoms. The van der Waals surface area contributed by atoms with Crippen molar-refractivity contribution in [2.75, 3.05) is 19.8 Å². The molecule has 2 rings (SSSR count). The van der Waals surface area contributed by atoms with Gasteiger partial charge in [-0.15, -0.1) is 11.3 Å². The molecule has 2 N–H and O–H groups in total. The van der Waals surface area contributed by atoms with Crippen molar-refractivity contribution < 1.29 is 13.2 Å². The van der Waals surface area contributed by atoms with Crippen molar-refractivity contribution in [3.8, 4) is 0 Å². The second-order valence-electron chi connectivity index (χ2n) is 4.63. The summed E-state index contributed by atoms with van der Waals surface area (Å²) in [6.07, 6.45) is 0. The molecule has 0 saturated carbocycles. The van der Waals surface area contributed by atoms with Crippen LogP contribution >= 0.6 is 11.3 Å². The van der Waals surface area contributed by atoms with E-state index < -0.39 is 21.0 Å². The van der Waals surface area contributed by atoms with E-state index in [2.05, 4.69) is 4.98 Å². The highest BCUT2D eigenvalue weighted by atomic mass is 32.2. The maximum Gasteiger partial charge on any atom is 0.240 e. The minimum absolute atomic E-state index is 0.0548. The van der Waals surface area contributed by atoms with Gasteiger partial charge in [0.05, 0.1) is 10.2 Å². The molecule has 6 nitrogen and oxygen atoms in total. The number of thiazole rings is 1. The zero-order valence-corrected chi connectivity index (χ0v) is 13.0. The summed E-state index contributed by atoms with van der Waals surface area (Å²) < 4.78 is 25.4. The average molecular weight is 313 g/mol. The maximum atomic E-state index is 12.4. The van der Waals surface area contributed by atoms with E-state index in [1.165, 1.54) is 25.9 Å². The summed E-state index contributed by atoms with van der Waals surface area (Å²) >= 11 is 1.03. The van der Waals surface area contributed by atoms with Crippen molar-refractivity contribution in [2.45, 2.75) is 16.5 Å². The van der Waals surface area contributed by atoms with E-state index >= 15 is 0 Å². The van der Waals surface area contributed by atoms with Crippen LogP contribution in [0.5, 0.6) is 0 Å². The molecule has 1 aromatic carbocycles. The normalized spacial score (nSPS) is 13.3. The number of anilines is 1. The largest absolute Gasteiger partial charge is 0.399 e. The fourth-order valence-electron chi connectivity index (χ4n) is 1.69. The molecule has 2 aromatic rings. The van der Waals surface area contributed by atoms with Crippen molar-refractivity contribution in [2.24, 2.45) is 0 Å². The topological polar surface area (TPSA) is 93.4 Å². The molecule has 1 unspecified atom stereocenters. The van der Waals surface area contributed by atoms with Gasteiger partial charge in [0.1, 0.15) is 5.25 Å². The van der Waals surface area contributed by atoms with Gasteiger partial charge in [0.25, 0.3) is 0 Å². The molecule has 0 aliphatic heterocycles. The zero-order chi connectivity index (χ0) is 15.1. The molecule has 0 aliphatic carbocycles. The van der Waals surface area contributed by atoms with E-state index in [1.807, 2.05) is 0 Å². The smallest absolute Gasteiger partial charge is 0.240 e. The number of carbonyl (C=O) groups excluding carboxylic acids is 1. The lowest BCUT2D eigenvalue weighted by Gasteiger charge is -2.15. The molecule has 1 amide bonds. The molecule has 1 aromatic heterocycles. The Hall–Kier alpha value is -1.67. The third-order valence-corrected chi connectivity index (χ3v) is 6.36. The van der Waals surface area contributed by atoms with E-state index in [9.17, 15) is 13.2 Å². The van der Waals surface area contributed by atoms with Crippen LogP contribution in [0.1, 0.15) is 6.92 Å². The van der Waals surface area contributed by atoms with Crippen molar-refractivity contribution in [1.29, 1.82) is 0 Å². The number of nitrogens with two attached hydrogens (primary N) is 1. The number of amides is 1. The molecule has 0 aliphatic rings. The standard InChI is InChI=1S/C12H15N3O3S2/c1-7(11(16)15(2)3)20(17,18)12-14-9-5-4-8(13)6-10(9)19-12/h4-7H,13H2,1-3H3. The van der Waals surface area contributed by atoms with Gasteiger partial charge in [-0.25, -0.2) is 13.4 Å². The Morgan fingerprint density at radius 2 is 2.05 bits per heavy atom. The second kappa shape index (κ2) is 5.02. The third kappa shape index (κ3) is 2.48. The number of carbonyl (C=O) groups is 1. The first kappa shape index (κ1) is 14.7. The van der Waals surface area contributed by atoms with Crippen molar-refractivity contribution in [3.05, 3.63) is 18.2 Å². The van der Waals surface area contributed by atoms with E-state index in [0.29, 0.717) is 15.9 Å². The van der Waals surface area contributed by atoms with Crippen LogP contribution in [-0.2, 0) is 14.6 Å². The highest BCUT2D eigenvalue weighted by Gasteiger charge is 2.33. The molecule has 108 valence electrons. The Kier molecular flexibility index (Phi) is 3.70. The monoisotopic (exact) mass is 313 g/mol. The minimum Gasteiger partial charge on any atom is -0.399 e. The lowest BCUT2D eigenvalue weighted by atomic mass is 10.3. The summed E-state index contributed by atoms with van der Waals surface area (Å²) in [4.78, 5) is 17.2. The lowest BCUT2D eigenvalue weighted by Crippen LogP contribution is -2.37. The Morgan fingerprint density at radius 1 is 1.40 bits per heavy atom. The highest BCUT2D eigenvalue weighted by Crippen LogP contribution is 2.29. The molecule has 0 fully saturated rings. The molecule has 20 heavy (non-hydrogen) atoms. The number of sulfone groups is 1. The number of fused-ring (bicyclic) bond motifs is 1. The fraction of sp³-hybridized carbons (Fsp3) is 0.333. The Morgan fingerprint density at radius 3 is 2.65 bits per heavy atom. The second-order valence-corrected chi connectivity index (χ2v) is 8.10. The van der Waals surface area contributed by atoms with Crippen molar-refractivity contribution in [1.82, 2.24) is 9.88 Å². The van der Waals surface area contributed by atoms with Crippen LogP contribution < -0.4 is 5.73 Å². The van der Waals surface area contributed by atoms with Crippen LogP contribution in [0.25, 0.3) is 10.2 Å². The average Bonchev–Trinajstić information content (AvgIpc) is 2.80. The summed E-state index contributed by atoms with van der Waals surface area (Å²) in [5, 5.41) is -1.16. The predicted molar refractivity (Wildman–Crippen MR) is 79.4 cm³/mol. The number of aromatic nitrogens is 1. The van der Waals surface area contributed by atoms with Gasteiger partial charge in [-0.1, -0.05) is 0 Å². The predicted octanol–water partition coefficient (Wildman–Crippen LogP) is 1.13. The summed E-state index contributed by atoms with van der Waals surface area (Å²) in [5.74, 6) is -0.469. The summed E-state index contributed by atoms with van der Waals surface area (Å²) in [7, 11) is -0.740. The van der Waals surface area contributed by atoms with Crippen LogP contribution in [0, 0.1) is 0 Å².